The molecule has 3 heteroatoms. The molecular weight excluding hydrogens is 288 g/mol. The normalized spacial score (nSPS) is 13.5. The third kappa shape index (κ3) is 1.98. The highest BCUT2D eigenvalue weighted by molar-refractivity contribution is 6.41. The lowest BCUT2D eigenvalue weighted by molar-refractivity contribution is 0.0990. The minimum absolute atomic E-state index is 0.0488. The topological polar surface area (TPSA) is 54.4 Å². The Balaban J connectivity index is 1.95. The van der Waals surface area contributed by atoms with Crippen molar-refractivity contribution in [2.75, 3.05) is 0 Å². The van der Waals surface area contributed by atoms with Gasteiger partial charge < -0.3 is 5.11 Å². The Morgan fingerprint density at radius 2 is 1.35 bits per heavy atom. The van der Waals surface area contributed by atoms with Crippen LogP contribution in [0.5, 0.6) is 5.75 Å². The van der Waals surface area contributed by atoms with Crippen molar-refractivity contribution in [1.29, 1.82) is 0 Å². The highest BCUT2D eigenvalue weighted by atomic mass is 16.3. The molecule has 0 aliphatic heterocycles. The lowest BCUT2D eigenvalue weighted by atomic mass is 10.00. The maximum absolute atomic E-state index is 12.5. The number of carbonyl (C=O) groups excluding carboxylic acids is 2. The summed E-state index contributed by atoms with van der Waals surface area (Å²) in [6, 6.07) is 17.7. The molecule has 3 aromatic rings. The van der Waals surface area contributed by atoms with Crippen LogP contribution in [-0.4, -0.2) is 16.7 Å². The first kappa shape index (κ1) is 13.5. The van der Waals surface area contributed by atoms with E-state index in [1.807, 2.05) is 24.3 Å². The van der Waals surface area contributed by atoms with Crippen LogP contribution >= 0.6 is 0 Å². The van der Waals surface area contributed by atoms with Crippen molar-refractivity contribution in [2.45, 2.75) is 0 Å². The molecule has 0 bridgehead atoms. The average Bonchev–Trinajstić information content (AvgIpc) is 2.82. The average molecular weight is 300 g/mol. The van der Waals surface area contributed by atoms with Crippen molar-refractivity contribution >= 4 is 28.4 Å². The molecule has 0 atom stereocenters. The minimum atomic E-state index is -0.294. The van der Waals surface area contributed by atoms with Crippen LogP contribution in [0.15, 0.2) is 66.2 Å². The third-order valence-corrected chi connectivity index (χ3v) is 4.14. The van der Waals surface area contributed by atoms with E-state index in [9.17, 15) is 14.7 Å². The summed E-state index contributed by atoms with van der Waals surface area (Å²) in [5.41, 5.74) is 1.43. The summed E-state index contributed by atoms with van der Waals surface area (Å²) in [4.78, 5) is 25.0. The van der Waals surface area contributed by atoms with Crippen LogP contribution in [0, 0.1) is 0 Å². The molecule has 0 heterocycles. The van der Waals surface area contributed by atoms with Crippen LogP contribution in [0.4, 0.5) is 0 Å². The van der Waals surface area contributed by atoms with E-state index in [4.69, 9.17) is 0 Å². The number of hydrogen-bond acceptors (Lipinski definition) is 3. The van der Waals surface area contributed by atoms with Crippen molar-refractivity contribution in [3.8, 4) is 5.75 Å². The van der Waals surface area contributed by atoms with Crippen LogP contribution in [-0.2, 0) is 0 Å². The molecule has 3 aromatic carbocycles. The zero-order valence-electron chi connectivity index (χ0n) is 12.1. The Hall–Kier alpha value is -3.20. The van der Waals surface area contributed by atoms with Crippen LogP contribution in [0.25, 0.3) is 16.8 Å². The number of benzene rings is 3. The van der Waals surface area contributed by atoms with Crippen LogP contribution in [0.2, 0.25) is 0 Å². The van der Waals surface area contributed by atoms with E-state index in [0.29, 0.717) is 16.7 Å². The lowest BCUT2D eigenvalue weighted by Crippen LogP contribution is -2.00. The van der Waals surface area contributed by atoms with Gasteiger partial charge in [0.15, 0.2) is 11.6 Å². The van der Waals surface area contributed by atoms with E-state index in [2.05, 4.69) is 0 Å². The molecule has 0 unspecified atom stereocenters. The number of fused-ring (bicyclic) bond motifs is 2. The van der Waals surface area contributed by atoms with Gasteiger partial charge in [-0.3, -0.25) is 9.59 Å². The number of carbonyl (C=O) groups is 2. The standard InChI is InChI=1S/C20H12O3/c21-18-10-9-12-5-1-2-6-13(12)16(18)11-17-19(22)14-7-3-4-8-15(14)20(17)23/h1-11,21H. The Labute approximate surface area is 132 Å². The fourth-order valence-corrected chi connectivity index (χ4v) is 2.98. The van der Waals surface area contributed by atoms with Gasteiger partial charge in [-0.2, -0.15) is 0 Å². The van der Waals surface area contributed by atoms with Crippen molar-refractivity contribution in [1.82, 2.24) is 0 Å². The number of phenols is 1. The maximum atomic E-state index is 12.5. The molecule has 23 heavy (non-hydrogen) atoms. The molecular formula is C20H12O3. The number of allylic oxidation sites excluding steroid dienone is 1. The van der Waals surface area contributed by atoms with Gasteiger partial charge in [0.1, 0.15) is 5.75 Å². The summed E-state index contributed by atoms with van der Waals surface area (Å²) in [7, 11) is 0. The second-order valence-corrected chi connectivity index (χ2v) is 5.48. The predicted molar refractivity (Wildman–Crippen MR) is 88.7 cm³/mol. The fraction of sp³-hybridized carbons (Fsp3) is 0. The van der Waals surface area contributed by atoms with Gasteiger partial charge >= 0.3 is 0 Å². The van der Waals surface area contributed by atoms with E-state index in [0.717, 1.165) is 10.8 Å². The SMILES string of the molecule is O=C1C(=Cc2c(O)ccc3ccccc23)C(=O)c2ccccc21. The molecule has 1 aliphatic carbocycles. The first-order valence-corrected chi connectivity index (χ1v) is 7.27. The quantitative estimate of drug-likeness (QED) is 0.546. The molecule has 1 aliphatic rings. The molecule has 0 aromatic heterocycles. The largest absolute Gasteiger partial charge is 0.507 e. The molecule has 0 amide bonds. The molecule has 3 nitrogen and oxygen atoms in total. The summed E-state index contributed by atoms with van der Waals surface area (Å²) in [6.45, 7) is 0. The van der Waals surface area contributed by atoms with Gasteiger partial charge in [0.05, 0.1) is 5.57 Å². The van der Waals surface area contributed by atoms with E-state index in [1.165, 1.54) is 6.08 Å². The lowest BCUT2D eigenvalue weighted by Gasteiger charge is -2.06. The Morgan fingerprint density at radius 1 is 0.739 bits per heavy atom. The van der Waals surface area contributed by atoms with Crippen molar-refractivity contribution < 1.29 is 14.7 Å². The zero-order valence-corrected chi connectivity index (χ0v) is 12.1. The highest BCUT2D eigenvalue weighted by Crippen LogP contribution is 2.33. The van der Waals surface area contributed by atoms with Gasteiger partial charge in [-0.15, -0.1) is 0 Å². The number of rotatable bonds is 1. The summed E-state index contributed by atoms with van der Waals surface area (Å²) in [5, 5.41) is 11.9. The van der Waals surface area contributed by atoms with E-state index >= 15 is 0 Å². The molecule has 0 saturated carbocycles. The molecule has 110 valence electrons. The summed E-state index contributed by atoms with van der Waals surface area (Å²) in [5.74, 6) is -0.538. The number of ketones is 2. The predicted octanol–water partition coefficient (Wildman–Crippen LogP) is 4.01. The van der Waals surface area contributed by atoms with E-state index < -0.39 is 0 Å². The zero-order chi connectivity index (χ0) is 16.0. The first-order valence-electron chi connectivity index (χ1n) is 7.27. The number of aromatic hydroxyl groups is 1. The second kappa shape index (κ2) is 4.92. The summed E-state index contributed by atoms with van der Waals surface area (Å²) in [6.07, 6.45) is 1.50. The van der Waals surface area contributed by atoms with Gasteiger partial charge in [0.25, 0.3) is 0 Å². The van der Waals surface area contributed by atoms with Crippen molar-refractivity contribution in [2.24, 2.45) is 0 Å². The fourth-order valence-electron chi connectivity index (χ4n) is 2.98. The van der Waals surface area contributed by atoms with Crippen LogP contribution < -0.4 is 0 Å². The smallest absolute Gasteiger partial charge is 0.197 e. The van der Waals surface area contributed by atoms with Crippen molar-refractivity contribution in [3.63, 3.8) is 0 Å². The molecule has 0 saturated heterocycles. The molecule has 0 radical (unpaired) electrons. The third-order valence-electron chi connectivity index (χ3n) is 4.14. The Bertz CT molecular complexity index is 975. The van der Waals surface area contributed by atoms with E-state index in [-0.39, 0.29) is 22.9 Å². The van der Waals surface area contributed by atoms with Gasteiger partial charge in [-0.25, -0.2) is 0 Å². The van der Waals surface area contributed by atoms with Gasteiger partial charge in [0.2, 0.25) is 0 Å². The van der Waals surface area contributed by atoms with Crippen LogP contribution in [0.3, 0.4) is 0 Å². The molecule has 0 spiro atoms. The summed E-state index contributed by atoms with van der Waals surface area (Å²) < 4.78 is 0. The summed E-state index contributed by atoms with van der Waals surface area (Å²) >= 11 is 0. The molecule has 1 N–H and O–H groups in total. The molecule has 0 fully saturated rings. The number of Topliss-reactive ketones (excluding diaryl/α,β-unsaturated/α-hetero) is 2. The number of phenolic OH excluding ortho intramolecular Hbond substituents is 1. The van der Waals surface area contributed by atoms with E-state index in [1.54, 1.807) is 36.4 Å². The van der Waals surface area contributed by atoms with Crippen LogP contribution in [0.1, 0.15) is 26.3 Å². The first-order chi connectivity index (χ1) is 11.2. The Morgan fingerprint density at radius 3 is 2.04 bits per heavy atom. The van der Waals surface area contributed by atoms with Crippen molar-refractivity contribution in [3.05, 3.63) is 82.9 Å². The monoisotopic (exact) mass is 300 g/mol. The van der Waals surface area contributed by atoms with Gasteiger partial charge in [0, 0.05) is 16.7 Å². The number of hydrogen-bond donors (Lipinski definition) is 1. The maximum Gasteiger partial charge on any atom is 0.197 e. The minimum Gasteiger partial charge on any atom is -0.507 e. The second-order valence-electron chi connectivity index (χ2n) is 5.48. The van der Waals surface area contributed by atoms with Gasteiger partial charge in [-0.1, -0.05) is 54.6 Å². The van der Waals surface area contributed by atoms with Gasteiger partial charge in [-0.05, 0) is 22.9 Å². The highest BCUT2D eigenvalue weighted by Gasteiger charge is 2.32. The molecule has 4 rings (SSSR count). The Kier molecular flexibility index (Phi) is 2.88.